The van der Waals surface area contributed by atoms with E-state index >= 15 is 0 Å². The van der Waals surface area contributed by atoms with Gasteiger partial charge in [-0.1, -0.05) is 56.9 Å². The van der Waals surface area contributed by atoms with Crippen molar-refractivity contribution in [2.45, 2.75) is 0 Å². The van der Waals surface area contributed by atoms with E-state index in [0.29, 0.717) is 33.1 Å². The molecular formula is C32H26Cl5N4O5P. The van der Waals surface area contributed by atoms with Crippen LogP contribution in [0.1, 0.15) is 0 Å². The van der Waals surface area contributed by atoms with Crippen LogP contribution in [0.15, 0.2) is 85.5 Å². The van der Waals surface area contributed by atoms with E-state index in [1.807, 2.05) is 24.3 Å². The molecule has 2 aromatic carbocycles. The lowest BCUT2D eigenvalue weighted by molar-refractivity contribution is -0.592. The zero-order valence-electron chi connectivity index (χ0n) is 25.3. The molecule has 244 valence electrons. The predicted molar refractivity (Wildman–Crippen MR) is 192 cm³/mol. The highest BCUT2D eigenvalue weighted by atomic mass is 36.0. The number of halogens is 5. The van der Waals surface area contributed by atoms with Crippen LogP contribution in [-0.4, -0.2) is 43.4 Å². The molecule has 0 atom stereocenters. The van der Waals surface area contributed by atoms with Gasteiger partial charge in [-0.15, -0.1) is 0 Å². The third-order valence-electron chi connectivity index (χ3n) is 6.59. The molecule has 9 nitrogen and oxygen atoms in total. The fourth-order valence-corrected chi connectivity index (χ4v) is 4.72. The van der Waals surface area contributed by atoms with Crippen LogP contribution in [-0.2, 0) is 0 Å². The van der Waals surface area contributed by atoms with Crippen molar-refractivity contribution in [3.8, 4) is 45.5 Å². The summed E-state index contributed by atoms with van der Waals surface area (Å²) in [6.07, 6.45) is 6.63. The van der Waals surface area contributed by atoms with Crippen LogP contribution >= 0.6 is 62.9 Å². The maximum atomic E-state index is 12.3. The smallest absolute Gasteiger partial charge is 0.224 e. The molecule has 6 aromatic rings. The lowest BCUT2D eigenvalue weighted by atomic mass is 10.1. The van der Waals surface area contributed by atoms with E-state index in [1.165, 1.54) is 6.20 Å². The van der Waals surface area contributed by atoms with Crippen LogP contribution in [0.4, 0.5) is 0 Å². The van der Waals surface area contributed by atoms with E-state index in [2.05, 4.69) is 15.0 Å². The second-order valence-corrected chi connectivity index (χ2v) is 15.2. The molecule has 0 spiro atoms. The van der Waals surface area contributed by atoms with Crippen molar-refractivity contribution in [3.05, 3.63) is 101 Å². The van der Waals surface area contributed by atoms with Gasteiger partial charge >= 0.3 is 0 Å². The Labute approximate surface area is 296 Å². The van der Waals surface area contributed by atoms with Gasteiger partial charge in [0.15, 0.2) is 12.2 Å². The summed E-state index contributed by atoms with van der Waals surface area (Å²) in [4.78, 5) is 12.6. The Bertz CT molecular complexity index is 1960. The van der Waals surface area contributed by atoms with Gasteiger partial charge in [0.05, 0.1) is 45.1 Å². The lowest BCUT2D eigenvalue weighted by Crippen LogP contribution is -2.28. The molecule has 0 N–H and O–H groups in total. The number of benzene rings is 2. The molecule has 0 aliphatic heterocycles. The molecule has 0 bridgehead atoms. The summed E-state index contributed by atoms with van der Waals surface area (Å²) in [6.45, 7) is 0. The first kappa shape index (κ1) is 36.3. The van der Waals surface area contributed by atoms with Crippen LogP contribution in [0, 0.1) is 5.21 Å². The van der Waals surface area contributed by atoms with Crippen LogP contribution < -0.4 is 23.7 Å². The largest absolute Gasteiger partial charge is 0.618 e. The Morgan fingerprint density at radius 3 is 1.45 bits per heavy atom. The van der Waals surface area contributed by atoms with Crippen LogP contribution in [0.3, 0.4) is 0 Å². The minimum absolute atomic E-state index is 0.350. The topological polar surface area (TPSA) is 103 Å². The Balaban J connectivity index is 0.000000191. The highest BCUT2D eigenvalue weighted by Gasteiger charge is 2.14. The molecule has 15 heteroatoms. The van der Waals surface area contributed by atoms with Crippen molar-refractivity contribution in [2.24, 2.45) is 0 Å². The van der Waals surface area contributed by atoms with E-state index in [-0.39, 0.29) is 0 Å². The van der Waals surface area contributed by atoms with Crippen molar-refractivity contribution >= 4 is 84.4 Å². The summed E-state index contributed by atoms with van der Waals surface area (Å²) in [5, 5.41) is 16.6. The number of pyridine rings is 4. The van der Waals surface area contributed by atoms with E-state index in [4.69, 9.17) is 75.9 Å². The number of methoxy groups -OCH3 is 4. The maximum Gasteiger partial charge on any atom is 0.224 e. The SMILES string of the molecule is COc1cc(OC)cc(-c2cc3cnc(Cl)cc3c[n+]2[O-])c1.COc1cc(OC)cc(-c2cc3cnc(Cl)cc3cn2)c1.ClP(Cl)Cl. The summed E-state index contributed by atoms with van der Waals surface area (Å²) >= 11 is 26.3. The Morgan fingerprint density at radius 1 is 0.553 bits per heavy atom. The van der Waals surface area contributed by atoms with Crippen LogP contribution in [0.2, 0.25) is 10.3 Å². The lowest BCUT2D eigenvalue weighted by Gasteiger charge is -2.10. The number of hydrogen-bond donors (Lipinski definition) is 0. The summed E-state index contributed by atoms with van der Waals surface area (Å²) < 4.78 is 21.8. The van der Waals surface area contributed by atoms with E-state index in [9.17, 15) is 5.21 Å². The van der Waals surface area contributed by atoms with Gasteiger partial charge in [0, 0.05) is 58.5 Å². The van der Waals surface area contributed by atoms with Crippen LogP contribution in [0.5, 0.6) is 23.0 Å². The third-order valence-corrected chi connectivity index (χ3v) is 7.00. The summed E-state index contributed by atoms with van der Waals surface area (Å²) in [5.74, 6) is 1.47. The minimum Gasteiger partial charge on any atom is -0.618 e. The molecule has 0 aliphatic rings. The standard InChI is InChI=1S/C16H13ClN2O3.C16H13ClN2O2.Cl3P/c1-21-13-3-10(4-14(7-13)22-2)15-5-11-8-18-16(17)6-12(11)9-19(15)20;1-20-13-3-10(4-14(7-13)21-2)15-5-11-9-19-16(17)6-12(11)8-18-15;1-4(2)3/h3-9H,1-2H3;3-9H,1-2H3;. The van der Waals surface area contributed by atoms with E-state index in [0.717, 1.165) is 49.0 Å². The van der Waals surface area contributed by atoms with Gasteiger partial charge in [0.2, 0.25) is 5.69 Å². The van der Waals surface area contributed by atoms with Crippen molar-refractivity contribution in [3.63, 3.8) is 0 Å². The molecule has 0 aliphatic carbocycles. The highest BCUT2D eigenvalue weighted by Crippen LogP contribution is 2.51. The van der Waals surface area contributed by atoms with Crippen LogP contribution in [0.25, 0.3) is 44.1 Å². The summed E-state index contributed by atoms with van der Waals surface area (Å²) in [7, 11) is 6.38. The first-order chi connectivity index (χ1) is 22.5. The number of hydrogen-bond acceptors (Lipinski definition) is 8. The molecule has 0 amide bonds. The van der Waals surface area contributed by atoms with Crippen molar-refractivity contribution in [1.29, 1.82) is 0 Å². The molecule has 6 rings (SSSR count). The second kappa shape index (κ2) is 17.0. The van der Waals surface area contributed by atoms with Gasteiger partial charge < -0.3 is 24.2 Å². The Morgan fingerprint density at radius 2 is 0.957 bits per heavy atom. The minimum atomic E-state index is -1.20. The van der Waals surface area contributed by atoms with Gasteiger partial charge in [-0.05, 0) is 42.5 Å². The summed E-state index contributed by atoms with van der Waals surface area (Å²) in [5.41, 5.74) is 2.92. The van der Waals surface area contributed by atoms with Crippen molar-refractivity contribution < 1.29 is 23.7 Å². The molecule has 0 fully saturated rings. The molecule has 4 heterocycles. The highest BCUT2D eigenvalue weighted by molar-refractivity contribution is 8.20. The first-order valence-electron chi connectivity index (χ1n) is 13.4. The molecule has 0 unspecified atom stereocenters. The normalized spacial score (nSPS) is 10.5. The molecular weight excluding hydrogens is 729 g/mol. The monoisotopic (exact) mass is 752 g/mol. The van der Waals surface area contributed by atoms with Gasteiger partial charge in [-0.25, -0.2) is 9.97 Å². The molecule has 47 heavy (non-hydrogen) atoms. The molecule has 0 saturated carbocycles. The van der Waals surface area contributed by atoms with Crippen molar-refractivity contribution in [2.75, 3.05) is 28.4 Å². The molecule has 4 aromatic heterocycles. The number of aromatic nitrogens is 4. The average molecular weight is 755 g/mol. The zero-order valence-corrected chi connectivity index (χ0v) is 29.9. The summed E-state index contributed by atoms with van der Waals surface area (Å²) in [6, 6.07) is 18.1. The number of rotatable bonds is 6. The van der Waals surface area contributed by atoms with Gasteiger partial charge in [-0.2, -0.15) is 4.73 Å². The van der Waals surface area contributed by atoms with Gasteiger partial charge in [0.25, 0.3) is 0 Å². The Hall–Kier alpha value is -3.56. The fourth-order valence-electron chi connectivity index (χ4n) is 4.38. The predicted octanol–water partition coefficient (Wildman–Crippen LogP) is 10.1. The molecule has 0 radical (unpaired) electrons. The van der Waals surface area contributed by atoms with E-state index in [1.54, 1.807) is 83.4 Å². The fraction of sp³-hybridized carbons (Fsp3) is 0.125. The quantitative estimate of drug-likeness (QED) is 0.0717. The Kier molecular flexibility index (Phi) is 13.1. The van der Waals surface area contributed by atoms with E-state index < -0.39 is 5.98 Å². The zero-order chi connectivity index (χ0) is 34.1. The number of nitrogens with zero attached hydrogens (tertiary/aromatic N) is 4. The number of ether oxygens (including phenoxy) is 4. The van der Waals surface area contributed by atoms with Gasteiger partial charge in [0.1, 0.15) is 33.3 Å². The second-order valence-electron chi connectivity index (χ2n) is 9.44. The molecule has 0 saturated heterocycles. The average Bonchev–Trinajstić information content (AvgIpc) is 3.07. The maximum absolute atomic E-state index is 12.3. The third kappa shape index (κ3) is 9.97. The first-order valence-corrected chi connectivity index (χ1v) is 18.2. The van der Waals surface area contributed by atoms with Gasteiger partial charge in [-0.3, -0.25) is 4.98 Å². The number of fused-ring (bicyclic) bond motifs is 2. The van der Waals surface area contributed by atoms with Crippen molar-refractivity contribution in [1.82, 2.24) is 15.0 Å².